The average molecular weight is 250 g/mol. The van der Waals surface area contributed by atoms with Gasteiger partial charge in [-0.15, -0.1) is 0 Å². The maximum Gasteiger partial charge on any atom is 0.256 e. The first-order valence-corrected chi connectivity index (χ1v) is 6.95. The van der Waals surface area contributed by atoms with Gasteiger partial charge in [0.1, 0.15) is 0 Å². The maximum absolute atomic E-state index is 12.4. The molecule has 0 saturated carbocycles. The Morgan fingerprint density at radius 3 is 2.94 bits per heavy atom. The molecule has 1 heterocycles. The number of hydrogen-bond acceptors (Lipinski definition) is 3. The van der Waals surface area contributed by atoms with Crippen LogP contribution in [-0.2, 0) is 0 Å². The summed E-state index contributed by atoms with van der Waals surface area (Å²) in [4.78, 5) is 14.4. The SMILES string of the molecule is CNc1ccccc1C(=O)N1CCSC(C)C1. The van der Waals surface area contributed by atoms with Gasteiger partial charge in [0, 0.05) is 36.8 Å². The fourth-order valence-electron chi connectivity index (χ4n) is 2.06. The summed E-state index contributed by atoms with van der Waals surface area (Å²) in [7, 11) is 1.85. The van der Waals surface area contributed by atoms with Crippen molar-refractivity contribution in [1.29, 1.82) is 0 Å². The second-order valence-electron chi connectivity index (χ2n) is 4.23. The molecule has 1 N–H and O–H groups in total. The van der Waals surface area contributed by atoms with Crippen LogP contribution in [0.15, 0.2) is 24.3 Å². The number of benzene rings is 1. The first kappa shape index (κ1) is 12.3. The van der Waals surface area contributed by atoms with Gasteiger partial charge in [-0.2, -0.15) is 11.8 Å². The van der Waals surface area contributed by atoms with Gasteiger partial charge in [0.05, 0.1) is 5.56 Å². The van der Waals surface area contributed by atoms with Crippen molar-refractivity contribution in [2.24, 2.45) is 0 Å². The fourth-order valence-corrected chi connectivity index (χ4v) is 3.07. The molecule has 1 fully saturated rings. The lowest BCUT2D eigenvalue weighted by Gasteiger charge is -2.31. The molecule has 0 radical (unpaired) electrons. The number of anilines is 1. The summed E-state index contributed by atoms with van der Waals surface area (Å²) < 4.78 is 0. The summed E-state index contributed by atoms with van der Waals surface area (Å²) in [5.41, 5.74) is 1.68. The highest BCUT2D eigenvalue weighted by atomic mass is 32.2. The van der Waals surface area contributed by atoms with E-state index in [9.17, 15) is 4.79 Å². The molecule has 1 aliphatic heterocycles. The molecule has 2 rings (SSSR count). The molecule has 0 spiro atoms. The molecule has 0 aromatic heterocycles. The molecule has 4 heteroatoms. The molecule has 1 aromatic carbocycles. The van der Waals surface area contributed by atoms with Gasteiger partial charge < -0.3 is 10.2 Å². The molecular weight excluding hydrogens is 232 g/mol. The first-order chi connectivity index (χ1) is 8.22. The van der Waals surface area contributed by atoms with E-state index in [1.54, 1.807) is 0 Å². The van der Waals surface area contributed by atoms with Gasteiger partial charge in [-0.1, -0.05) is 19.1 Å². The number of amides is 1. The quantitative estimate of drug-likeness (QED) is 0.874. The van der Waals surface area contributed by atoms with Gasteiger partial charge in [-0.3, -0.25) is 4.79 Å². The van der Waals surface area contributed by atoms with Crippen LogP contribution in [0.2, 0.25) is 0 Å². The molecule has 1 amide bonds. The zero-order chi connectivity index (χ0) is 12.3. The molecule has 0 bridgehead atoms. The van der Waals surface area contributed by atoms with E-state index in [1.807, 2.05) is 48.0 Å². The smallest absolute Gasteiger partial charge is 0.256 e. The number of para-hydroxylation sites is 1. The van der Waals surface area contributed by atoms with Crippen molar-refractivity contribution in [2.45, 2.75) is 12.2 Å². The van der Waals surface area contributed by atoms with Crippen LogP contribution in [0.25, 0.3) is 0 Å². The molecule has 1 aliphatic rings. The highest BCUT2D eigenvalue weighted by molar-refractivity contribution is 7.99. The molecule has 92 valence electrons. The minimum Gasteiger partial charge on any atom is -0.387 e. The Kier molecular flexibility index (Phi) is 3.94. The maximum atomic E-state index is 12.4. The van der Waals surface area contributed by atoms with E-state index in [1.165, 1.54) is 0 Å². The van der Waals surface area contributed by atoms with Crippen LogP contribution in [0.3, 0.4) is 0 Å². The van der Waals surface area contributed by atoms with Crippen LogP contribution >= 0.6 is 11.8 Å². The van der Waals surface area contributed by atoms with Crippen molar-refractivity contribution in [2.75, 3.05) is 31.2 Å². The summed E-state index contributed by atoms with van der Waals surface area (Å²) in [6, 6.07) is 7.68. The molecule has 1 atom stereocenters. The minimum atomic E-state index is 0.141. The van der Waals surface area contributed by atoms with E-state index in [2.05, 4.69) is 12.2 Å². The Bertz CT molecular complexity index is 408. The van der Waals surface area contributed by atoms with Gasteiger partial charge in [0.15, 0.2) is 0 Å². The van der Waals surface area contributed by atoms with E-state index in [0.717, 1.165) is 30.1 Å². The summed E-state index contributed by atoms with van der Waals surface area (Å²) in [5.74, 6) is 1.18. The third-order valence-corrected chi connectivity index (χ3v) is 4.09. The van der Waals surface area contributed by atoms with E-state index < -0.39 is 0 Å². The minimum absolute atomic E-state index is 0.141. The number of thioether (sulfide) groups is 1. The van der Waals surface area contributed by atoms with Crippen molar-refractivity contribution < 1.29 is 4.79 Å². The Morgan fingerprint density at radius 1 is 1.47 bits per heavy atom. The van der Waals surface area contributed by atoms with Crippen LogP contribution in [0.4, 0.5) is 5.69 Å². The van der Waals surface area contributed by atoms with Crippen molar-refractivity contribution in [3.8, 4) is 0 Å². The fraction of sp³-hybridized carbons (Fsp3) is 0.462. The third-order valence-electron chi connectivity index (χ3n) is 2.96. The third kappa shape index (κ3) is 2.75. The highest BCUT2D eigenvalue weighted by Gasteiger charge is 2.23. The Morgan fingerprint density at radius 2 is 2.24 bits per heavy atom. The van der Waals surface area contributed by atoms with Gasteiger partial charge in [-0.05, 0) is 12.1 Å². The monoisotopic (exact) mass is 250 g/mol. The van der Waals surface area contributed by atoms with Gasteiger partial charge in [0.2, 0.25) is 0 Å². The summed E-state index contributed by atoms with van der Waals surface area (Å²) in [5, 5.41) is 3.61. The van der Waals surface area contributed by atoms with Crippen molar-refractivity contribution in [1.82, 2.24) is 4.90 Å². The molecule has 1 aromatic rings. The largest absolute Gasteiger partial charge is 0.387 e. The summed E-state index contributed by atoms with van der Waals surface area (Å²) >= 11 is 1.93. The van der Waals surface area contributed by atoms with E-state index in [-0.39, 0.29) is 5.91 Å². The molecule has 17 heavy (non-hydrogen) atoms. The lowest BCUT2D eigenvalue weighted by Crippen LogP contribution is -2.41. The zero-order valence-electron chi connectivity index (χ0n) is 10.3. The number of nitrogens with zero attached hydrogens (tertiary/aromatic N) is 1. The van der Waals surface area contributed by atoms with Crippen molar-refractivity contribution >= 4 is 23.4 Å². The summed E-state index contributed by atoms with van der Waals surface area (Å²) in [6.45, 7) is 3.88. The average Bonchev–Trinajstić information content (AvgIpc) is 2.38. The highest BCUT2D eigenvalue weighted by Crippen LogP contribution is 2.22. The topological polar surface area (TPSA) is 32.3 Å². The Hall–Kier alpha value is -1.16. The van der Waals surface area contributed by atoms with Crippen LogP contribution in [0.1, 0.15) is 17.3 Å². The lowest BCUT2D eigenvalue weighted by molar-refractivity contribution is 0.0764. The Labute approximate surface area is 107 Å². The second kappa shape index (κ2) is 5.45. The number of carbonyl (C=O) groups excluding carboxylic acids is 1. The zero-order valence-corrected chi connectivity index (χ0v) is 11.1. The van der Waals surface area contributed by atoms with Crippen LogP contribution in [0, 0.1) is 0 Å². The molecule has 0 aliphatic carbocycles. The number of rotatable bonds is 2. The molecule has 1 saturated heterocycles. The number of hydrogen-bond donors (Lipinski definition) is 1. The van der Waals surface area contributed by atoms with Gasteiger partial charge in [-0.25, -0.2) is 0 Å². The first-order valence-electron chi connectivity index (χ1n) is 5.90. The van der Waals surface area contributed by atoms with Gasteiger partial charge in [0.25, 0.3) is 5.91 Å². The Balaban J connectivity index is 2.18. The number of nitrogens with one attached hydrogen (secondary N) is 1. The van der Waals surface area contributed by atoms with Crippen molar-refractivity contribution in [3.05, 3.63) is 29.8 Å². The number of carbonyl (C=O) groups is 1. The molecule has 1 unspecified atom stereocenters. The van der Waals surface area contributed by atoms with E-state index in [0.29, 0.717) is 5.25 Å². The lowest BCUT2D eigenvalue weighted by atomic mass is 10.1. The summed E-state index contributed by atoms with van der Waals surface area (Å²) in [6.07, 6.45) is 0. The van der Waals surface area contributed by atoms with Crippen LogP contribution in [-0.4, -0.2) is 41.9 Å². The van der Waals surface area contributed by atoms with Gasteiger partial charge >= 0.3 is 0 Å². The molecular formula is C13H18N2OS. The standard InChI is InChI=1S/C13H18N2OS/c1-10-9-15(7-8-17-10)13(16)11-5-3-4-6-12(11)14-2/h3-6,10,14H,7-9H2,1-2H3. The van der Waals surface area contributed by atoms with Crippen molar-refractivity contribution in [3.63, 3.8) is 0 Å². The van der Waals surface area contributed by atoms with Crippen LogP contribution in [0.5, 0.6) is 0 Å². The predicted molar refractivity (Wildman–Crippen MR) is 73.8 cm³/mol. The van der Waals surface area contributed by atoms with E-state index >= 15 is 0 Å². The predicted octanol–water partition coefficient (Wildman–Crippen LogP) is 2.31. The van der Waals surface area contributed by atoms with E-state index in [4.69, 9.17) is 0 Å². The second-order valence-corrected chi connectivity index (χ2v) is 5.77. The molecule has 3 nitrogen and oxygen atoms in total. The normalized spacial score (nSPS) is 20.1. The van der Waals surface area contributed by atoms with Crippen LogP contribution < -0.4 is 5.32 Å².